The lowest BCUT2D eigenvalue weighted by Gasteiger charge is -2.48. The maximum atomic E-state index is 6.39. The third kappa shape index (κ3) is 2.94. The summed E-state index contributed by atoms with van der Waals surface area (Å²) in [6.45, 7) is 2.26. The summed E-state index contributed by atoms with van der Waals surface area (Å²) in [5.41, 5.74) is 2.62. The summed E-state index contributed by atoms with van der Waals surface area (Å²) in [4.78, 5) is 0. The smallest absolute Gasteiger partial charge is 0.128 e. The summed E-state index contributed by atoms with van der Waals surface area (Å²) in [7, 11) is 1.81. The lowest BCUT2D eigenvalue weighted by Crippen LogP contribution is -2.51. The number of methoxy groups -OCH3 is 1. The fourth-order valence-corrected chi connectivity index (χ4v) is 4.51. The molecule has 0 N–H and O–H groups in total. The van der Waals surface area contributed by atoms with Gasteiger partial charge in [0.2, 0.25) is 0 Å². The van der Waals surface area contributed by atoms with Crippen LogP contribution in [0.1, 0.15) is 23.6 Å². The molecule has 0 saturated heterocycles. The predicted molar refractivity (Wildman–Crippen MR) is 108 cm³/mol. The molecule has 1 atom stereocenters. The van der Waals surface area contributed by atoms with Crippen LogP contribution in [-0.2, 0) is 15.8 Å². The highest BCUT2D eigenvalue weighted by atomic mass is 79.9. The molecule has 0 aliphatic rings. The van der Waals surface area contributed by atoms with Crippen LogP contribution in [0.25, 0.3) is 0 Å². The molecule has 128 valence electrons. The van der Waals surface area contributed by atoms with Crippen LogP contribution in [0.4, 0.5) is 0 Å². The van der Waals surface area contributed by atoms with Crippen molar-refractivity contribution in [1.82, 2.24) is 0 Å². The number of alkyl halides is 1. The van der Waals surface area contributed by atoms with Gasteiger partial charge in [-0.25, -0.2) is 0 Å². The first-order valence-corrected chi connectivity index (χ1v) is 9.59. The lowest BCUT2D eigenvalue weighted by atomic mass is 9.63. The molecule has 0 spiro atoms. The minimum atomic E-state index is -0.611. The first kappa shape index (κ1) is 17.9. The van der Waals surface area contributed by atoms with Crippen LogP contribution >= 0.6 is 15.9 Å². The summed E-state index contributed by atoms with van der Waals surface area (Å²) in [6.07, 6.45) is 0. The minimum Gasteiger partial charge on any atom is -0.368 e. The van der Waals surface area contributed by atoms with E-state index in [1.54, 1.807) is 0 Å². The fraction of sp³-hybridized carbons (Fsp3) is 0.217. The maximum Gasteiger partial charge on any atom is 0.128 e. The first-order chi connectivity index (χ1) is 12.2. The van der Waals surface area contributed by atoms with Crippen LogP contribution in [0, 0.1) is 0 Å². The third-order valence-electron chi connectivity index (χ3n) is 5.12. The van der Waals surface area contributed by atoms with E-state index in [9.17, 15) is 0 Å². The number of rotatable bonds is 6. The number of hydrogen-bond acceptors (Lipinski definition) is 1. The van der Waals surface area contributed by atoms with Gasteiger partial charge in [0.15, 0.2) is 0 Å². The van der Waals surface area contributed by atoms with Gasteiger partial charge < -0.3 is 4.74 Å². The zero-order chi connectivity index (χ0) is 17.8. The van der Waals surface area contributed by atoms with Crippen molar-refractivity contribution in [2.45, 2.75) is 17.9 Å². The molecular formula is C23H23BrO. The number of halogens is 1. The van der Waals surface area contributed by atoms with E-state index >= 15 is 0 Å². The molecule has 0 heterocycles. The second kappa shape index (κ2) is 7.55. The van der Waals surface area contributed by atoms with Crippen LogP contribution in [0.3, 0.4) is 0 Å². The molecule has 2 heteroatoms. The van der Waals surface area contributed by atoms with Gasteiger partial charge >= 0.3 is 0 Å². The Morgan fingerprint density at radius 1 is 0.680 bits per heavy atom. The van der Waals surface area contributed by atoms with E-state index in [1.807, 2.05) is 19.2 Å². The van der Waals surface area contributed by atoms with Gasteiger partial charge in [-0.3, -0.25) is 0 Å². The molecule has 25 heavy (non-hydrogen) atoms. The Balaban J connectivity index is 2.34. The molecule has 0 saturated carbocycles. The Morgan fingerprint density at radius 3 is 1.36 bits per heavy atom. The van der Waals surface area contributed by atoms with Crippen molar-refractivity contribution < 1.29 is 4.74 Å². The predicted octanol–water partition coefficient (Wildman–Crippen LogP) is 5.93. The van der Waals surface area contributed by atoms with E-state index in [0.29, 0.717) is 0 Å². The fourth-order valence-electron chi connectivity index (χ4n) is 3.79. The molecule has 0 fully saturated rings. The molecule has 3 rings (SSSR count). The summed E-state index contributed by atoms with van der Waals surface area (Å²) >= 11 is 3.80. The summed E-state index contributed by atoms with van der Waals surface area (Å²) in [6, 6.07) is 31.6. The van der Waals surface area contributed by atoms with E-state index < -0.39 is 5.60 Å². The Labute approximate surface area is 158 Å². The average molecular weight is 395 g/mol. The van der Waals surface area contributed by atoms with Crippen LogP contribution in [0.15, 0.2) is 91.0 Å². The van der Waals surface area contributed by atoms with Crippen molar-refractivity contribution in [3.63, 3.8) is 0 Å². The molecule has 0 bridgehead atoms. The molecule has 3 aromatic carbocycles. The summed E-state index contributed by atoms with van der Waals surface area (Å²) in [5.74, 6) is 0. The van der Waals surface area contributed by atoms with Crippen molar-refractivity contribution in [2.24, 2.45) is 0 Å². The van der Waals surface area contributed by atoms with Crippen molar-refractivity contribution in [3.05, 3.63) is 108 Å². The van der Waals surface area contributed by atoms with E-state index in [1.165, 1.54) is 5.56 Å². The standard InChI is InChI=1S/C23H23BrO/c1-22(18-24,19-12-6-3-7-13-19)23(25-2,20-14-8-4-9-15-20)21-16-10-5-11-17-21/h3-17H,18H2,1-2H3. The maximum absolute atomic E-state index is 6.39. The van der Waals surface area contributed by atoms with Gasteiger partial charge in [0, 0.05) is 17.9 Å². The molecule has 3 aromatic rings. The van der Waals surface area contributed by atoms with Gasteiger partial charge in [0.05, 0.1) is 0 Å². The molecule has 0 aliphatic carbocycles. The molecule has 1 nitrogen and oxygen atoms in total. The molecule has 0 aliphatic heterocycles. The van der Waals surface area contributed by atoms with E-state index in [0.717, 1.165) is 16.5 Å². The van der Waals surface area contributed by atoms with Crippen molar-refractivity contribution in [2.75, 3.05) is 12.4 Å². The Bertz CT molecular complexity index is 747. The second-order valence-electron chi connectivity index (χ2n) is 6.45. The SMILES string of the molecule is COC(c1ccccc1)(c1ccccc1)C(C)(CBr)c1ccccc1. The van der Waals surface area contributed by atoms with Crippen molar-refractivity contribution >= 4 is 15.9 Å². The molecular weight excluding hydrogens is 372 g/mol. The highest BCUT2D eigenvalue weighted by molar-refractivity contribution is 9.09. The van der Waals surface area contributed by atoms with E-state index in [-0.39, 0.29) is 5.41 Å². The van der Waals surface area contributed by atoms with Gasteiger partial charge in [-0.1, -0.05) is 114 Å². The van der Waals surface area contributed by atoms with Crippen LogP contribution in [0.2, 0.25) is 0 Å². The van der Waals surface area contributed by atoms with E-state index in [2.05, 4.69) is 102 Å². The molecule has 0 aromatic heterocycles. The topological polar surface area (TPSA) is 9.23 Å². The zero-order valence-electron chi connectivity index (χ0n) is 14.7. The lowest BCUT2D eigenvalue weighted by molar-refractivity contribution is -0.0339. The van der Waals surface area contributed by atoms with Gasteiger partial charge in [-0.05, 0) is 16.7 Å². The van der Waals surface area contributed by atoms with Crippen LogP contribution < -0.4 is 0 Å². The largest absolute Gasteiger partial charge is 0.368 e. The van der Waals surface area contributed by atoms with Crippen molar-refractivity contribution in [3.8, 4) is 0 Å². The van der Waals surface area contributed by atoms with Gasteiger partial charge in [-0.2, -0.15) is 0 Å². The van der Waals surface area contributed by atoms with Crippen LogP contribution in [-0.4, -0.2) is 12.4 Å². The average Bonchev–Trinajstić information content (AvgIpc) is 2.71. The number of ether oxygens (including phenoxy) is 1. The third-order valence-corrected chi connectivity index (χ3v) is 6.24. The quantitative estimate of drug-likeness (QED) is 0.470. The highest BCUT2D eigenvalue weighted by Crippen LogP contribution is 2.50. The second-order valence-corrected chi connectivity index (χ2v) is 7.01. The summed E-state index contributed by atoms with van der Waals surface area (Å²) in [5, 5.41) is 0.766. The Hall–Kier alpha value is -1.90. The van der Waals surface area contributed by atoms with Gasteiger partial charge in [-0.15, -0.1) is 0 Å². The van der Waals surface area contributed by atoms with Crippen LogP contribution in [0.5, 0.6) is 0 Å². The normalized spacial score (nSPS) is 14.0. The highest BCUT2D eigenvalue weighted by Gasteiger charge is 2.51. The Morgan fingerprint density at radius 2 is 1.04 bits per heavy atom. The molecule has 0 amide bonds. The number of benzene rings is 3. The summed E-state index contributed by atoms with van der Waals surface area (Å²) < 4.78 is 6.39. The van der Waals surface area contributed by atoms with Gasteiger partial charge in [0.25, 0.3) is 0 Å². The monoisotopic (exact) mass is 394 g/mol. The first-order valence-electron chi connectivity index (χ1n) is 8.47. The van der Waals surface area contributed by atoms with Gasteiger partial charge in [0.1, 0.15) is 5.60 Å². The minimum absolute atomic E-state index is 0.300. The molecule has 1 unspecified atom stereocenters. The van der Waals surface area contributed by atoms with E-state index in [4.69, 9.17) is 4.74 Å². The molecule has 0 radical (unpaired) electrons. The zero-order valence-corrected chi connectivity index (χ0v) is 16.2. The number of hydrogen-bond donors (Lipinski definition) is 0. The Kier molecular flexibility index (Phi) is 5.41. The van der Waals surface area contributed by atoms with Crippen molar-refractivity contribution in [1.29, 1.82) is 0 Å².